The highest BCUT2D eigenvalue weighted by molar-refractivity contribution is 5.78. The first-order chi connectivity index (χ1) is 13.2. The van der Waals surface area contributed by atoms with E-state index in [2.05, 4.69) is 30.0 Å². The minimum Gasteiger partial charge on any atom is -0.337 e. The third-order valence-corrected chi connectivity index (χ3v) is 5.90. The summed E-state index contributed by atoms with van der Waals surface area (Å²) in [6.07, 6.45) is 7.24. The molecule has 2 unspecified atom stereocenters. The number of aromatic nitrogens is 4. The molecule has 2 atom stereocenters. The number of hydrogen-bond acceptors (Lipinski definition) is 6. The molecule has 0 radical (unpaired) electrons. The van der Waals surface area contributed by atoms with Gasteiger partial charge in [0.05, 0.1) is 24.6 Å². The topological polar surface area (TPSA) is 81.2 Å². The van der Waals surface area contributed by atoms with Crippen molar-refractivity contribution in [3.8, 4) is 0 Å². The Kier molecular flexibility index (Phi) is 4.04. The zero-order chi connectivity index (χ0) is 18.4. The second-order valence-corrected chi connectivity index (χ2v) is 7.61. The van der Waals surface area contributed by atoms with Gasteiger partial charge in [-0.3, -0.25) is 14.8 Å². The van der Waals surface area contributed by atoms with Crippen LogP contribution in [0, 0.1) is 5.82 Å². The molecule has 3 aliphatic heterocycles. The van der Waals surface area contributed by atoms with Gasteiger partial charge < -0.3 is 9.80 Å². The molecule has 2 fully saturated rings. The average molecular weight is 371 g/mol. The van der Waals surface area contributed by atoms with Crippen molar-refractivity contribution >= 4 is 11.9 Å². The van der Waals surface area contributed by atoms with Gasteiger partial charge in [0.25, 0.3) is 0 Å². The number of hydrogen-bond donors (Lipinski definition) is 1. The predicted octanol–water partition coefficient (Wildman–Crippen LogP) is 0.577. The van der Waals surface area contributed by atoms with E-state index in [0.29, 0.717) is 19.0 Å². The number of nitrogens with zero attached hydrogens (tertiary/aromatic N) is 6. The Morgan fingerprint density at radius 3 is 2.70 bits per heavy atom. The van der Waals surface area contributed by atoms with Gasteiger partial charge in [0.15, 0.2) is 5.82 Å². The summed E-state index contributed by atoms with van der Waals surface area (Å²) in [6, 6.07) is 0.563. The van der Waals surface area contributed by atoms with E-state index in [4.69, 9.17) is 0 Å². The minimum absolute atomic E-state index is 0.174. The molecule has 27 heavy (non-hydrogen) atoms. The molecule has 142 valence electrons. The lowest BCUT2D eigenvalue weighted by atomic mass is 10.1. The Morgan fingerprint density at radius 1 is 1.22 bits per heavy atom. The Labute approximate surface area is 156 Å². The highest BCUT2D eigenvalue weighted by atomic mass is 19.1. The molecule has 0 spiro atoms. The number of likely N-dealkylation sites (tertiary alicyclic amines) is 1. The van der Waals surface area contributed by atoms with Crippen LogP contribution in [0.2, 0.25) is 0 Å². The number of fused-ring (bicyclic) bond motifs is 3. The zero-order valence-corrected chi connectivity index (χ0v) is 15.0. The fraction of sp³-hybridized carbons (Fsp3) is 0.556. The van der Waals surface area contributed by atoms with Crippen molar-refractivity contribution in [3.63, 3.8) is 0 Å². The fourth-order valence-corrected chi connectivity index (χ4v) is 4.61. The van der Waals surface area contributed by atoms with Gasteiger partial charge in [-0.1, -0.05) is 0 Å². The lowest BCUT2D eigenvalue weighted by Crippen LogP contribution is -2.56. The molecule has 1 N–H and O–H groups in total. The molecule has 0 saturated carbocycles. The smallest absolute Gasteiger partial charge is 0.237 e. The molecule has 2 aromatic rings. The lowest BCUT2D eigenvalue weighted by Gasteiger charge is -2.41. The quantitative estimate of drug-likeness (QED) is 0.850. The molecule has 3 aliphatic rings. The van der Waals surface area contributed by atoms with Crippen LogP contribution in [-0.2, 0) is 17.8 Å². The largest absolute Gasteiger partial charge is 0.337 e. The number of carbonyl (C=O) groups is 1. The molecule has 2 aromatic heterocycles. The number of aromatic amines is 1. The summed E-state index contributed by atoms with van der Waals surface area (Å²) >= 11 is 0. The van der Waals surface area contributed by atoms with Crippen molar-refractivity contribution in [3.05, 3.63) is 35.7 Å². The van der Waals surface area contributed by atoms with Crippen LogP contribution in [0.4, 0.5) is 10.3 Å². The van der Waals surface area contributed by atoms with Crippen molar-refractivity contribution in [2.75, 3.05) is 31.1 Å². The van der Waals surface area contributed by atoms with Crippen molar-refractivity contribution in [2.24, 2.45) is 0 Å². The molecule has 0 aromatic carbocycles. The van der Waals surface area contributed by atoms with Crippen LogP contribution in [0.5, 0.6) is 0 Å². The van der Waals surface area contributed by atoms with Gasteiger partial charge in [-0.15, -0.1) is 0 Å². The van der Waals surface area contributed by atoms with E-state index in [1.165, 1.54) is 12.4 Å². The first-order valence-electron chi connectivity index (χ1n) is 9.45. The van der Waals surface area contributed by atoms with E-state index < -0.39 is 5.82 Å². The van der Waals surface area contributed by atoms with Gasteiger partial charge in [-0.05, 0) is 12.8 Å². The van der Waals surface area contributed by atoms with Crippen molar-refractivity contribution < 1.29 is 9.18 Å². The van der Waals surface area contributed by atoms with Gasteiger partial charge in [0.1, 0.15) is 0 Å². The van der Waals surface area contributed by atoms with Gasteiger partial charge in [-0.25, -0.2) is 14.4 Å². The normalized spacial score (nSPS) is 24.9. The first kappa shape index (κ1) is 16.6. The number of H-pyrrole nitrogens is 1. The van der Waals surface area contributed by atoms with E-state index >= 15 is 0 Å². The number of carbonyl (C=O) groups excluding carboxylic acids is 1. The minimum atomic E-state index is -0.419. The third-order valence-electron chi connectivity index (χ3n) is 5.90. The summed E-state index contributed by atoms with van der Waals surface area (Å²) in [7, 11) is 0. The van der Waals surface area contributed by atoms with E-state index in [1.807, 2.05) is 11.1 Å². The fourth-order valence-electron chi connectivity index (χ4n) is 4.61. The maximum atomic E-state index is 13.1. The number of amides is 1. The summed E-state index contributed by atoms with van der Waals surface area (Å²) in [5.41, 5.74) is 2.19. The van der Waals surface area contributed by atoms with Crippen LogP contribution in [0.15, 0.2) is 18.6 Å². The molecular formula is C18H22FN7O. The van der Waals surface area contributed by atoms with E-state index in [-0.39, 0.29) is 18.0 Å². The summed E-state index contributed by atoms with van der Waals surface area (Å²) in [6.45, 7) is 3.44. The summed E-state index contributed by atoms with van der Waals surface area (Å²) in [5.74, 6) is 0.351. The second kappa shape index (κ2) is 6.56. The highest BCUT2D eigenvalue weighted by Gasteiger charge is 2.42. The molecule has 8 nitrogen and oxygen atoms in total. The van der Waals surface area contributed by atoms with Crippen LogP contribution in [-0.4, -0.2) is 74.1 Å². The van der Waals surface area contributed by atoms with Crippen molar-refractivity contribution in [1.29, 1.82) is 0 Å². The van der Waals surface area contributed by atoms with Crippen molar-refractivity contribution in [1.82, 2.24) is 30.0 Å². The van der Waals surface area contributed by atoms with Crippen LogP contribution in [0.3, 0.4) is 0 Å². The Hall–Kier alpha value is -2.55. The maximum absolute atomic E-state index is 13.1. The maximum Gasteiger partial charge on any atom is 0.237 e. The highest BCUT2D eigenvalue weighted by Crippen LogP contribution is 2.32. The summed E-state index contributed by atoms with van der Waals surface area (Å²) < 4.78 is 13.1. The number of rotatable bonds is 3. The molecule has 2 bridgehead atoms. The second-order valence-electron chi connectivity index (χ2n) is 7.61. The average Bonchev–Trinajstić information content (AvgIpc) is 3.24. The monoisotopic (exact) mass is 371 g/mol. The molecule has 9 heteroatoms. The number of piperazine rings is 1. The SMILES string of the molecule is O=C(CN1CC2CCC(C1)N2c1ncc(F)cn1)N1CCc2n[nH]cc2C1. The van der Waals surface area contributed by atoms with Gasteiger partial charge in [0.2, 0.25) is 11.9 Å². The Balaban J connectivity index is 1.23. The number of halogens is 1. The molecule has 0 aliphatic carbocycles. The number of nitrogens with one attached hydrogen (secondary N) is 1. The third kappa shape index (κ3) is 3.05. The molecule has 1 amide bonds. The van der Waals surface area contributed by atoms with Gasteiger partial charge in [-0.2, -0.15) is 5.10 Å². The lowest BCUT2D eigenvalue weighted by molar-refractivity contribution is -0.133. The molecule has 2 saturated heterocycles. The predicted molar refractivity (Wildman–Crippen MR) is 95.4 cm³/mol. The molecule has 5 rings (SSSR count). The van der Waals surface area contributed by atoms with Crippen LogP contribution >= 0.6 is 0 Å². The summed E-state index contributed by atoms with van der Waals surface area (Å²) in [5, 5.41) is 7.11. The zero-order valence-electron chi connectivity index (χ0n) is 15.0. The van der Waals surface area contributed by atoms with Crippen LogP contribution in [0.1, 0.15) is 24.1 Å². The van der Waals surface area contributed by atoms with Gasteiger partial charge in [0, 0.05) is 56.4 Å². The van der Waals surface area contributed by atoms with Gasteiger partial charge >= 0.3 is 0 Å². The first-order valence-corrected chi connectivity index (χ1v) is 9.45. The van der Waals surface area contributed by atoms with Crippen LogP contribution in [0.25, 0.3) is 0 Å². The molecular weight excluding hydrogens is 349 g/mol. The van der Waals surface area contributed by atoms with E-state index in [0.717, 1.165) is 50.2 Å². The standard InChI is InChI=1S/C18H22FN7O/c19-13-6-20-18(21-7-13)26-14-1-2-15(26)10-24(9-14)11-17(27)25-4-3-16-12(8-25)5-22-23-16/h5-7,14-15H,1-4,8-11H2,(H,22,23). The Morgan fingerprint density at radius 2 is 1.96 bits per heavy atom. The summed E-state index contributed by atoms with van der Waals surface area (Å²) in [4.78, 5) is 27.5. The van der Waals surface area contributed by atoms with Crippen molar-refractivity contribution in [2.45, 2.75) is 37.9 Å². The van der Waals surface area contributed by atoms with E-state index in [9.17, 15) is 9.18 Å². The van der Waals surface area contributed by atoms with Crippen LogP contribution < -0.4 is 4.90 Å². The molecule has 5 heterocycles. The van der Waals surface area contributed by atoms with E-state index in [1.54, 1.807) is 0 Å². The Bertz CT molecular complexity index is 824. The number of anilines is 1.